The van der Waals surface area contributed by atoms with E-state index in [1.165, 1.54) is 16.0 Å². The molecule has 0 N–H and O–H groups in total. The van der Waals surface area contributed by atoms with Crippen LogP contribution in [0.2, 0.25) is 0 Å². The monoisotopic (exact) mass is 419 g/mol. The highest BCUT2D eigenvalue weighted by Crippen LogP contribution is 2.50. The third-order valence-electron chi connectivity index (χ3n) is 7.59. The van der Waals surface area contributed by atoms with Crippen LogP contribution in [-0.4, -0.2) is 30.1 Å². The highest BCUT2D eigenvalue weighted by Gasteiger charge is 2.47. The molecule has 2 heterocycles. The van der Waals surface area contributed by atoms with Gasteiger partial charge in [0.25, 0.3) is 0 Å². The summed E-state index contributed by atoms with van der Waals surface area (Å²) in [5.74, 6) is 0.954. The second kappa shape index (κ2) is 7.70. The number of fused-ring (bicyclic) bond motifs is 2. The smallest absolute Gasteiger partial charge is 0.417 e. The summed E-state index contributed by atoms with van der Waals surface area (Å²) in [6.07, 6.45) is 3.42. The Morgan fingerprint density at radius 3 is 2.58 bits per heavy atom. The lowest BCUT2D eigenvalue weighted by Gasteiger charge is -2.39. The third kappa shape index (κ3) is 3.40. The number of ether oxygens (including phenoxy) is 2. The van der Waals surface area contributed by atoms with Crippen LogP contribution in [0.25, 0.3) is 0 Å². The van der Waals surface area contributed by atoms with Crippen LogP contribution in [0.3, 0.4) is 0 Å². The van der Waals surface area contributed by atoms with Gasteiger partial charge in [-0.3, -0.25) is 4.79 Å². The van der Waals surface area contributed by atoms with Crippen LogP contribution in [0.15, 0.2) is 48.5 Å². The van der Waals surface area contributed by atoms with E-state index >= 15 is 0 Å². The van der Waals surface area contributed by atoms with Crippen molar-refractivity contribution in [3.8, 4) is 5.75 Å². The summed E-state index contributed by atoms with van der Waals surface area (Å²) in [7, 11) is 0. The van der Waals surface area contributed by atoms with E-state index in [1.807, 2.05) is 37.3 Å². The molecule has 3 aliphatic rings. The van der Waals surface area contributed by atoms with Crippen molar-refractivity contribution in [2.45, 2.75) is 51.0 Å². The molecule has 162 valence electrons. The molecule has 0 aromatic heterocycles. The van der Waals surface area contributed by atoms with Gasteiger partial charge in [-0.1, -0.05) is 49.4 Å². The van der Waals surface area contributed by atoms with Gasteiger partial charge in [-0.2, -0.15) is 0 Å². The first-order valence-corrected chi connectivity index (χ1v) is 11.3. The van der Waals surface area contributed by atoms with Crippen molar-refractivity contribution in [2.75, 3.05) is 13.2 Å². The summed E-state index contributed by atoms with van der Waals surface area (Å²) in [5, 5.41) is 0. The minimum absolute atomic E-state index is 0.0709. The number of carbonyl (C=O) groups excluding carboxylic acids is 2. The normalized spacial score (nSPS) is 28.2. The van der Waals surface area contributed by atoms with E-state index in [0.29, 0.717) is 0 Å². The van der Waals surface area contributed by atoms with Gasteiger partial charge in [-0.15, -0.1) is 0 Å². The Balaban J connectivity index is 1.29. The molecular formula is C26H29NO4. The number of rotatable bonds is 3. The summed E-state index contributed by atoms with van der Waals surface area (Å²) >= 11 is 0. The number of aryl methyl sites for hydroxylation is 1. The number of imide groups is 1. The second-order valence-electron chi connectivity index (χ2n) is 9.41. The summed E-state index contributed by atoms with van der Waals surface area (Å²) < 4.78 is 11.3. The Morgan fingerprint density at radius 1 is 1.10 bits per heavy atom. The van der Waals surface area contributed by atoms with Crippen molar-refractivity contribution < 1.29 is 19.1 Å². The Morgan fingerprint density at radius 2 is 1.84 bits per heavy atom. The molecule has 1 spiro atoms. The van der Waals surface area contributed by atoms with Gasteiger partial charge in [0, 0.05) is 16.9 Å². The molecule has 5 heteroatoms. The Labute approximate surface area is 183 Å². The molecule has 2 aromatic rings. The number of hydrogen-bond donors (Lipinski definition) is 0. The number of nitrogens with zero attached hydrogens (tertiary/aromatic N) is 1. The first-order chi connectivity index (χ1) is 15.0. The average Bonchev–Trinajstić information content (AvgIpc) is 3.34. The molecule has 2 amide bonds. The van der Waals surface area contributed by atoms with Crippen LogP contribution in [-0.2, 0) is 14.9 Å². The molecule has 31 heavy (non-hydrogen) atoms. The van der Waals surface area contributed by atoms with Crippen molar-refractivity contribution in [1.29, 1.82) is 0 Å². The summed E-state index contributed by atoms with van der Waals surface area (Å²) in [6, 6.07) is 15.8. The predicted molar refractivity (Wildman–Crippen MR) is 117 cm³/mol. The van der Waals surface area contributed by atoms with Crippen LogP contribution >= 0.6 is 0 Å². The van der Waals surface area contributed by atoms with Gasteiger partial charge in [0.15, 0.2) is 0 Å². The Kier molecular flexibility index (Phi) is 4.99. The Bertz CT molecular complexity index is 994. The quantitative estimate of drug-likeness (QED) is 0.689. The lowest BCUT2D eigenvalue weighted by atomic mass is 9.65. The molecule has 0 radical (unpaired) electrons. The summed E-state index contributed by atoms with van der Waals surface area (Å²) in [6.45, 7) is 5.02. The van der Waals surface area contributed by atoms with Crippen LogP contribution in [0.4, 0.5) is 4.79 Å². The topological polar surface area (TPSA) is 55.8 Å². The van der Waals surface area contributed by atoms with Gasteiger partial charge >= 0.3 is 6.09 Å². The fraction of sp³-hybridized carbons (Fsp3) is 0.462. The lowest BCUT2D eigenvalue weighted by molar-refractivity contribution is -0.135. The van der Waals surface area contributed by atoms with E-state index in [-0.39, 0.29) is 35.8 Å². The van der Waals surface area contributed by atoms with Crippen molar-refractivity contribution in [3.63, 3.8) is 0 Å². The molecule has 0 unspecified atom stereocenters. The van der Waals surface area contributed by atoms with Gasteiger partial charge in [-0.05, 0) is 55.7 Å². The highest BCUT2D eigenvalue weighted by molar-refractivity contribution is 5.95. The number of benzene rings is 2. The minimum atomic E-state index is -0.522. The van der Waals surface area contributed by atoms with Crippen molar-refractivity contribution in [2.24, 2.45) is 11.8 Å². The molecular weight excluding hydrogens is 390 g/mol. The zero-order valence-corrected chi connectivity index (χ0v) is 18.2. The fourth-order valence-electron chi connectivity index (χ4n) is 5.59. The zero-order chi connectivity index (χ0) is 21.6. The highest BCUT2D eigenvalue weighted by atomic mass is 16.6. The lowest BCUT2D eigenvalue weighted by Crippen LogP contribution is -2.42. The predicted octanol–water partition coefficient (Wildman–Crippen LogP) is 5.17. The van der Waals surface area contributed by atoms with E-state index in [9.17, 15) is 9.59 Å². The first-order valence-electron chi connectivity index (χ1n) is 11.3. The molecule has 2 atom stereocenters. The minimum Gasteiger partial charge on any atom is -0.492 e. The molecule has 2 aliphatic heterocycles. The number of amides is 2. The van der Waals surface area contributed by atoms with Gasteiger partial charge < -0.3 is 9.47 Å². The maximum absolute atomic E-state index is 13.4. The number of cyclic esters (lactones) is 1. The van der Waals surface area contributed by atoms with Crippen molar-refractivity contribution in [1.82, 2.24) is 4.90 Å². The van der Waals surface area contributed by atoms with E-state index < -0.39 is 6.09 Å². The molecule has 1 saturated heterocycles. The van der Waals surface area contributed by atoms with E-state index in [1.54, 1.807) is 0 Å². The van der Waals surface area contributed by atoms with Gasteiger partial charge in [-0.25, -0.2) is 9.69 Å². The first kappa shape index (κ1) is 20.1. The van der Waals surface area contributed by atoms with Crippen LogP contribution in [0.1, 0.15) is 55.3 Å². The molecule has 2 aromatic carbocycles. The summed E-state index contributed by atoms with van der Waals surface area (Å²) in [4.78, 5) is 27.2. The van der Waals surface area contributed by atoms with E-state index in [0.717, 1.165) is 43.6 Å². The van der Waals surface area contributed by atoms with Gasteiger partial charge in [0.1, 0.15) is 18.4 Å². The maximum Gasteiger partial charge on any atom is 0.417 e. The van der Waals surface area contributed by atoms with Gasteiger partial charge in [0.05, 0.1) is 6.61 Å². The van der Waals surface area contributed by atoms with Gasteiger partial charge in [0.2, 0.25) is 5.91 Å². The second-order valence-corrected chi connectivity index (χ2v) is 9.41. The summed E-state index contributed by atoms with van der Waals surface area (Å²) in [5.41, 5.74) is 3.55. The zero-order valence-electron chi connectivity index (χ0n) is 18.2. The van der Waals surface area contributed by atoms with E-state index in [4.69, 9.17) is 9.47 Å². The molecule has 5 rings (SSSR count). The average molecular weight is 420 g/mol. The molecule has 1 saturated carbocycles. The van der Waals surface area contributed by atoms with E-state index in [2.05, 4.69) is 25.1 Å². The SMILES string of the molecule is Cc1ccc2c(c1)OCC21CCC([C@H](C)C(=O)N2C(=O)OC[C@@H]2c2ccccc2)CC1. The third-order valence-corrected chi connectivity index (χ3v) is 7.59. The number of carbonyl (C=O) groups is 2. The molecule has 2 fully saturated rings. The molecule has 0 bridgehead atoms. The van der Waals surface area contributed by atoms with Crippen LogP contribution in [0, 0.1) is 18.8 Å². The van der Waals surface area contributed by atoms with Crippen molar-refractivity contribution >= 4 is 12.0 Å². The van der Waals surface area contributed by atoms with Crippen molar-refractivity contribution in [3.05, 3.63) is 65.2 Å². The maximum atomic E-state index is 13.4. The van der Waals surface area contributed by atoms with Crippen LogP contribution in [0.5, 0.6) is 5.75 Å². The molecule has 1 aliphatic carbocycles. The fourth-order valence-corrected chi connectivity index (χ4v) is 5.59. The standard InChI is InChI=1S/C26H29NO4/c1-17-8-9-21-23(14-17)31-16-26(21)12-10-19(11-13-26)18(2)24(28)27-22(15-30-25(27)29)20-6-4-3-5-7-20/h3-9,14,18-19,22H,10-13,15-16H2,1-2H3/t18-,19?,22+,26?/m0/s1. The Hall–Kier alpha value is -2.82. The molecule has 5 nitrogen and oxygen atoms in total. The largest absolute Gasteiger partial charge is 0.492 e. The number of hydrogen-bond acceptors (Lipinski definition) is 4. The van der Waals surface area contributed by atoms with Crippen LogP contribution < -0.4 is 4.74 Å².